The largest absolute Gasteiger partial charge is 0.368 e. The van der Waals surface area contributed by atoms with E-state index in [0.717, 1.165) is 48.3 Å². The number of hydrogen-bond donors (Lipinski definition) is 1. The number of anilines is 1. The fourth-order valence-electron chi connectivity index (χ4n) is 3.53. The molecule has 1 fully saturated rings. The predicted molar refractivity (Wildman–Crippen MR) is 106 cm³/mol. The summed E-state index contributed by atoms with van der Waals surface area (Å²) in [4.78, 5) is 31.6. The van der Waals surface area contributed by atoms with Gasteiger partial charge in [0.05, 0.1) is 11.9 Å². The Morgan fingerprint density at radius 1 is 1.07 bits per heavy atom. The van der Waals surface area contributed by atoms with Crippen molar-refractivity contribution in [3.05, 3.63) is 68.4 Å². The molecule has 140 valence electrons. The van der Waals surface area contributed by atoms with Crippen molar-refractivity contribution in [1.82, 2.24) is 19.7 Å². The van der Waals surface area contributed by atoms with Crippen molar-refractivity contribution >= 4 is 16.6 Å². The topological polar surface area (TPSA) is 74.2 Å². The van der Waals surface area contributed by atoms with Gasteiger partial charge in [0.1, 0.15) is 0 Å². The summed E-state index contributed by atoms with van der Waals surface area (Å²) in [6.07, 6.45) is 1.73. The SMILES string of the molecule is Cc1ccc2[nH]c(=O)c(CN3CCN(c4cnn(C)c(=O)c4)CC3)cc2c1. The van der Waals surface area contributed by atoms with Gasteiger partial charge in [0.15, 0.2) is 0 Å². The molecule has 2 aromatic heterocycles. The first-order valence-corrected chi connectivity index (χ1v) is 9.13. The number of nitrogens with one attached hydrogen (secondary N) is 1. The number of benzene rings is 1. The smallest absolute Gasteiger partial charge is 0.268 e. The average Bonchev–Trinajstić information content (AvgIpc) is 2.66. The van der Waals surface area contributed by atoms with Crippen LogP contribution >= 0.6 is 0 Å². The van der Waals surface area contributed by atoms with Gasteiger partial charge in [0, 0.05) is 56.9 Å². The third kappa shape index (κ3) is 3.64. The highest BCUT2D eigenvalue weighted by Crippen LogP contribution is 2.16. The molecule has 1 N–H and O–H groups in total. The Balaban J connectivity index is 1.47. The number of nitrogens with zero attached hydrogens (tertiary/aromatic N) is 4. The van der Waals surface area contributed by atoms with Crippen LogP contribution in [0, 0.1) is 6.92 Å². The number of aromatic amines is 1. The number of pyridine rings is 1. The van der Waals surface area contributed by atoms with E-state index in [-0.39, 0.29) is 11.1 Å². The maximum Gasteiger partial charge on any atom is 0.268 e. The van der Waals surface area contributed by atoms with Gasteiger partial charge in [0.2, 0.25) is 0 Å². The number of fused-ring (bicyclic) bond motifs is 1. The molecule has 27 heavy (non-hydrogen) atoms. The summed E-state index contributed by atoms with van der Waals surface area (Å²) in [5, 5.41) is 5.16. The van der Waals surface area contributed by atoms with Crippen molar-refractivity contribution in [1.29, 1.82) is 0 Å². The highest BCUT2D eigenvalue weighted by atomic mass is 16.1. The number of hydrogen-bond acceptors (Lipinski definition) is 5. The number of aryl methyl sites for hydroxylation is 2. The van der Waals surface area contributed by atoms with Crippen molar-refractivity contribution in [3.8, 4) is 0 Å². The first-order chi connectivity index (χ1) is 13.0. The van der Waals surface area contributed by atoms with Gasteiger partial charge in [-0.2, -0.15) is 5.10 Å². The van der Waals surface area contributed by atoms with Gasteiger partial charge in [-0.05, 0) is 30.5 Å². The summed E-state index contributed by atoms with van der Waals surface area (Å²) < 4.78 is 1.33. The van der Waals surface area contributed by atoms with Crippen molar-refractivity contribution in [2.75, 3.05) is 31.1 Å². The second-order valence-corrected chi connectivity index (χ2v) is 7.15. The van der Waals surface area contributed by atoms with E-state index in [0.29, 0.717) is 6.54 Å². The lowest BCUT2D eigenvalue weighted by molar-refractivity contribution is 0.249. The zero-order valence-corrected chi connectivity index (χ0v) is 15.6. The van der Waals surface area contributed by atoms with Crippen LogP contribution in [0.15, 0.2) is 46.1 Å². The van der Waals surface area contributed by atoms with Gasteiger partial charge in [0.25, 0.3) is 11.1 Å². The molecule has 1 saturated heterocycles. The Kier molecular flexibility index (Phi) is 4.53. The lowest BCUT2D eigenvalue weighted by Gasteiger charge is -2.35. The Hall–Kier alpha value is -2.93. The molecule has 0 bridgehead atoms. The zero-order valence-electron chi connectivity index (χ0n) is 15.6. The van der Waals surface area contributed by atoms with Gasteiger partial charge >= 0.3 is 0 Å². The molecule has 0 radical (unpaired) electrons. The van der Waals surface area contributed by atoms with Crippen LogP contribution in [0.25, 0.3) is 10.9 Å². The number of piperazine rings is 1. The molecule has 3 aromatic rings. The van der Waals surface area contributed by atoms with Crippen LogP contribution in [-0.2, 0) is 13.6 Å². The second kappa shape index (κ2) is 7.00. The standard InChI is InChI=1S/C20H23N5O2/c1-14-3-4-18-15(9-14)10-16(20(27)22-18)13-24-5-7-25(8-6-24)17-11-19(26)23(2)21-12-17/h3-4,9-12H,5-8,13H2,1-2H3,(H,22,27). The van der Waals surface area contributed by atoms with Gasteiger partial charge in [-0.15, -0.1) is 0 Å². The van der Waals surface area contributed by atoms with E-state index in [1.54, 1.807) is 19.3 Å². The van der Waals surface area contributed by atoms with Crippen LogP contribution in [0.3, 0.4) is 0 Å². The monoisotopic (exact) mass is 365 g/mol. The van der Waals surface area contributed by atoms with E-state index < -0.39 is 0 Å². The molecule has 7 heteroatoms. The van der Waals surface area contributed by atoms with Crippen molar-refractivity contribution in [2.45, 2.75) is 13.5 Å². The molecule has 0 atom stereocenters. The molecule has 7 nitrogen and oxygen atoms in total. The minimum absolute atomic E-state index is 0.0236. The lowest BCUT2D eigenvalue weighted by Crippen LogP contribution is -2.46. The molecule has 0 amide bonds. The maximum atomic E-state index is 12.4. The lowest BCUT2D eigenvalue weighted by atomic mass is 10.1. The molecular weight excluding hydrogens is 342 g/mol. The second-order valence-electron chi connectivity index (χ2n) is 7.15. The van der Waals surface area contributed by atoms with E-state index in [4.69, 9.17) is 0 Å². The molecule has 1 aliphatic rings. The summed E-state index contributed by atoms with van der Waals surface area (Å²) in [5.41, 5.74) is 3.57. The Bertz CT molecular complexity index is 1090. The molecule has 1 aromatic carbocycles. The Morgan fingerprint density at radius 2 is 1.85 bits per heavy atom. The molecule has 0 spiro atoms. The minimum Gasteiger partial charge on any atom is -0.368 e. The van der Waals surface area contributed by atoms with E-state index in [1.807, 2.05) is 18.2 Å². The number of aromatic nitrogens is 3. The zero-order chi connectivity index (χ0) is 19.0. The quantitative estimate of drug-likeness (QED) is 0.756. The summed E-state index contributed by atoms with van der Waals surface area (Å²) in [6, 6.07) is 9.67. The van der Waals surface area contributed by atoms with Crippen LogP contribution < -0.4 is 16.0 Å². The first kappa shape index (κ1) is 17.5. The van der Waals surface area contributed by atoms with Gasteiger partial charge < -0.3 is 9.88 Å². The van der Waals surface area contributed by atoms with Crippen LogP contribution in [-0.4, -0.2) is 45.8 Å². The molecule has 3 heterocycles. The summed E-state index contributed by atoms with van der Waals surface area (Å²) in [5.74, 6) is 0. The van der Waals surface area contributed by atoms with Crippen molar-refractivity contribution < 1.29 is 0 Å². The number of rotatable bonds is 3. The highest BCUT2D eigenvalue weighted by molar-refractivity contribution is 5.79. The third-order valence-corrected chi connectivity index (χ3v) is 5.16. The van der Waals surface area contributed by atoms with E-state index >= 15 is 0 Å². The summed E-state index contributed by atoms with van der Waals surface area (Å²) in [7, 11) is 1.65. The van der Waals surface area contributed by atoms with Crippen molar-refractivity contribution in [3.63, 3.8) is 0 Å². The summed E-state index contributed by atoms with van der Waals surface area (Å²) in [6.45, 7) is 5.96. The molecule has 0 aliphatic carbocycles. The van der Waals surface area contributed by atoms with E-state index in [9.17, 15) is 9.59 Å². The molecule has 1 aliphatic heterocycles. The summed E-state index contributed by atoms with van der Waals surface area (Å²) >= 11 is 0. The van der Waals surface area contributed by atoms with Crippen LogP contribution in [0.1, 0.15) is 11.1 Å². The fraction of sp³-hybridized carbons (Fsp3) is 0.350. The molecular formula is C20H23N5O2. The number of H-pyrrole nitrogens is 1. The van der Waals surface area contributed by atoms with Crippen LogP contribution in [0.5, 0.6) is 0 Å². The van der Waals surface area contributed by atoms with Gasteiger partial charge in [-0.25, -0.2) is 4.68 Å². The van der Waals surface area contributed by atoms with E-state index in [2.05, 4.69) is 32.9 Å². The maximum absolute atomic E-state index is 12.4. The van der Waals surface area contributed by atoms with Gasteiger partial charge in [-0.3, -0.25) is 14.5 Å². The van der Waals surface area contributed by atoms with Crippen molar-refractivity contribution in [2.24, 2.45) is 7.05 Å². The minimum atomic E-state index is -0.104. The first-order valence-electron chi connectivity index (χ1n) is 9.13. The van der Waals surface area contributed by atoms with Crippen LogP contribution in [0.4, 0.5) is 5.69 Å². The molecule has 0 unspecified atom stereocenters. The normalized spacial score (nSPS) is 15.4. The average molecular weight is 365 g/mol. The highest BCUT2D eigenvalue weighted by Gasteiger charge is 2.19. The van der Waals surface area contributed by atoms with Gasteiger partial charge in [-0.1, -0.05) is 11.6 Å². The molecule has 0 saturated carbocycles. The fourth-order valence-corrected chi connectivity index (χ4v) is 3.53. The molecule has 4 rings (SSSR count). The van der Waals surface area contributed by atoms with E-state index in [1.165, 1.54) is 10.2 Å². The third-order valence-electron chi connectivity index (χ3n) is 5.16. The predicted octanol–water partition coefficient (Wildman–Crippen LogP) is 1.25. The Labute approximate surface area is 156 Å². The van der Waals surface area contributed by atoms with Crippen LogP contribution in [0.2, 0.25) is 0 Å². The Morgan fingerprint density at radius 3 is 2.59 bits per heavy atom.